The lowest BCUT2D eigenvalue weighted by atomic mass is 9.95. The maximum Gasteiger partial charge on any atom is 0.295 e. The number of rotatable bonds is 8. The van der Waals surface area contributed by atoms with Gasteiger partial charge in [-0.15, -0.1) is 0 Å². The number of likely N-dealkylation sites (tertiary alicyclic amines) is 1. The number of carbonyl (C=O) groups is 2. The van der Waals surface area contributed by atoms with Gasteiger partial charge in [-0.05, 0) is 42.9 Å². The molecule has 32 heavy (non-hydrogen) atoms. The van der Waals surface area contributed by atoms with Crippen LogP contribution in [0.1, 0.15) is 31.0 Å². The minimum absolute atomic E-state index is 0.0997. The molecule has 0 bridgehead atoms. The molecule has 1 heterocycles. The van der Waals surface area contributed by atoms with E-state index in [9.17, 15) is 24.8 Å². The highest BCUT2D eigenvalue weighted by Gasteiger charge is 2.46. The van der Waals surface area contributed by atoms with Gasteiger partial charge in [-0.2, -0.15) is 0 Å². The number of aliphatic hydroxyl groups excluding tert-OH is 1. The lowest BCUT2D eigenvalue weighted by Gasteiger charge is -2.28. The number of ketones is 1. The van der Waals surface area contributed by atoms with Crippen molar-refractivity contribution >= 4 is 34.7 Å². The molecule has 1 saturated heterocycles. The van der Waals surface area contributed by atoms with E-state index in [4.69, 9.17) is 11.6 Å². The van der Waals surface area contributed by atoms with E-state index in [1.54, 1.807) is 30.3 Å². The van der Waals surface area contributed by atoms with Crippen LogP contribution in [0.15, 0.2) is 54.1 Å². The van der Waals surface area contributed by atoms with Crippen LogP contribution >= 0.6 is 11.6 Å². The Morgan fingerprint density at radius 1 is 1.16 bits per heavy atom. The first-order valence-electron chi connectivity index (χ1n) is 10.3. The smallest absolute Gasteiger partial charge is 0.295 e. The Morgan fingerprint density at radius 3 is 2.41 bits per heavy atom. The van der Waals surface area contributed by atoms with E-state index in [0.717, 1.165) is 13.1 Å². The Kier molecular flexibility index (Phi) is 7.27. The molecule has 0 spiro atoms. The van der Waals surface area contributed by atoms with Crippen molar-refractivity contribution in [2.45, 2.75) is 19.9 Å². The second kappa shape index (κ2) is 9.93. The van der Waals surface area contributed by atoms with Crippen molar-refractivity contribution in [2.75, 3.05) is 26.2 Å². The number of hydrogen-bond acceptors (Lipinski definition) is 6. The van der Waals surface area contributed by atoms with Crippen molar-refractivity contribution in [3.8, 4) is 0 Å². The monoisotopic (exact) mass is 457 g/mol. The summed E-state index contributed by atoms with van der Waals surface area (Å²) in [6.07, 6.45) is 0. The maximum atomic E-state index is 13.0. The lowest BCUT2D eigenvalue weighted by molar-refractivity contribution is -0.384. The summed E-state index contributed by atoms with van der Waals surface area (Å²) in [5.41, 5.74) is 0.445. The summed E-state index contributed by atoms with van der Waals surface area (Å²) >= 11 is 5.93. The topological polar surface area (TPSA) is 104 Å². The van der Waals surface area contributed by atoms with Crippen LogP contribution in [-0.4, -0.2) is 57.7 Å². The first-order chi connectivity index (χ1) is 15.3. The zero-order valence-corrected chi connectivity index (χ0v) is 18.6. The van der Waals surface area contributed by atoms with Gasteiger partial charge in [0.25, 0.3) is 17.4 Å². The van der Waals surface area contributed by atoms with Gasteiger partial charge in [-0.1, -0.05) is 37.6 Å². The average molecular weight is 458 g/mol. The number of Topliss-reactive ketones (excluding diaryl/α,β-unsaturated/α-hetero) is 1. The van der Waals surface area contributed by atoms with Crippen molar-refractivity contribution < 1.29 is 19.6 Å². The number of benzene rings is 2. The predicted molar refractivity (Wildman–Crippen MR) is 121 cm³/mol. The van der Waals surface area contributed by atoms with Crippen molar-refractivity contribution in [1.82, 2.24) is 9.80 Å². The second-order valence-corrected chi connectivity index (χ2v) is 7.81. The van der Waals surface area contributed by atoms with E-state index >= 15 is 0 Å². The molecule has 8 nitrogen and oxygen atoms in total. The quantitative estimate of drug-likeness (QED) is 0.211. The van der Waals surface area contributed by atoms with E-state index in [0.29, 0.717) is 22.7 Å². The van der Waals surface area contributed by atoms with E-state index < -0.39 is 22.7 Å². The third kappa shape index (κ3) is 4.66. The number of hydrogen-bond donors (Lipinski definition) is 1. The van der Waals surface area contributed by atoms with Gasteiger partial charge in [0.05, 0.1) is 16.5 Å². The molecule has 3 rings (SSSR count). The van der Waals surface area contributed by atoms with Gasteiger partial charge in [0.15, 0.2) is 0 Å². The number of aliphatic hydroxyl groups is 1. The molecule has 1 amide bonds. The Bertz CT molecular complexity index is 1060. The van der Waals surface area contributed by atoms with Gasteiger partial charge >= 0.3 is 0 Å². The summed E-state index contributed by atoms with van der Waals surface area (Å²) in [5, 5.41) is 22.8. The van der Waals surface area contributed by atoms with Gasteiger partial charge in [-0.3, -0.25) is 19.7 Å². The van der Waals surface area contributed by atoms with E-state index in [2.05, 4.69) is 4.90 Å². The normalized spacial score (nSPS) is 17.9. The highest BCUT2D eigenvalue weighted by Crippen LogP contribution is 2.40. The minimum atomic E-state index is -0.943. The zero-order valence-electron chi connectivity index (χ0n) is 17.8. The largest absolute Gasteiger partial charge is 0.507 e. The fraction of sp³-hybridized carbons (Fsp3) is 0.304. The van der Waals surface area contributed by atoms with Crippen LogP contribution in [-0.2, 0) is 9.59 Å². The molecule has 2 aromatic rings. The van der Waals surface area contributed by atoms with Crippen molar-refractivity contribution in [2.24, 2.45) is 0 Å². The van der Waals surface area contributed by atoms with E-state index in [1.807, 2.05) is 13.8 Å². The van der Waals surface area contributed by atoms with Gasteiger partial charge in [0.1, 0.15) is 5.76 Å². The number of likely N-dealkylation sites (N-methyl/N-ethyl adjacent to an activating group) is 1. The van der Waals surface area contributed by atoms with Crippen LogP contribution in [0.4, 0.5) is 5.69 Å². The van der Waals surface area contributed by atoms with Crippen molar-refractivity contribution in [3.05, 3.63) is 80.4 Å². The van der Waals surface area contributed by atoms with Crippen LogP contribution in [0.2, 0.25) is 5.02 Å². The van der Waals surface area contributed by atoms with Gasteiger partial charge in [0, 0.05) is 35.8 Å². The molecule has 9 heteroatoms. The molecule has 0 aromatic heterocycles. The second-order valence-electron chi connectivity index (χ2n) is 7.38. The van der Waals surface area contributed by atoms with Gasteiger partial charge in [0.2, 0.25) is 0 Å². The molecule has 0 radical (unpaired) electrons. The van der Waals surface area contributed by atoms with Crippen LogP contribution in [0, 0.1) is 10.1 Å². The van der Waals surface area contributed by atoms with Gasteiger partial charge in [-0.25, -0.2) is 0 Å². The fourth-order valence-electron chi connectivity index (χ4n) is 3.82. The Hall–Kier alpha value is -3.23. The predicted octanol–water partition coefficient (Wildman–Crippen LogP) is 4.01. The highest BCUT2D eigenvalue weighted by atomic mass is 35.5. The van der Waals surface area contributed by atoms with Crippen LogP contribution in [0.25, 0.3) is 5.76 Å². The SMILES string of the molecule is CCN(CC)CCN1C(=O)C(=O)/C(=C(\O)c2ccc(Cl)cc2)[C@H]1c1cccc([N+](=O)[O-])c1. The third-order valence-corrected chi connectivity index (χ3v) is 5.86. The third-order valence-electron chi connectivity index (χ3n) is 5.61. The Morgan fingerprint density at radius 2 is 1.81 bits per heavy atom. The van der Waals surface area contributed by atoms with Crippen molar-refractivity contribution in [3.63, 3.8) is 0 Å². The van der Waals surface area contributed by atoms with Crippen LogP contribution < -0.4 is 0 Å². The van der Waals surface area contributed by atoms with Crippen LogP contribution in [0.3, 0.4) is 0 Å². The fourth-order valence-corrected chi connectivity index (χ4v) is 3.94. The number of nitro groups is 1. The molecule has 1 fully saturated rings. The summed E-state index contributed by atoms with van der Waals surface area (Å²) in [4.78, 5) is 40.2. The standard InChI is InChI=1S/C23H24ClN3O5/c1-3-25(4-2)12-13-26-20(16-6-5-7-18(14-16)27(31)32)19(22(29)23(26)30)21(28)15-8-10-17(24)11-9-15/h5-11,14,20,28H,3-4,12-13H2,1-2H3/b21-19-/t20-/m1/s1. The molecule has 1 N–H and O–H groups in total. The average Bonchev–Trinajstić information content (AvgIpc) is 3.04. The molecule has 0 unspecified atom stereocenters. The summed E-state index contributed by atoms with van der Waals surface area (Å²) < 4.78 is 0. The molecule has 168 valence electrons. The molecular weight excluding hydrogens is 434 g/mol. The Labute approximate surface area is 190 Å². The zero-order chi connectivity index (χ0) is 23.4. The first kappa shape index (κ1) is 23.4. The molecule has 2 aromatic carbocycles. The Balaban J connectivity index is 2.13. The number of amides is 1. The van der Waals surface area contributed by atoms with E-state index in [-0.39, 0.29) is 23.6 Å². The maximum absolute atomic E-state index is 13.0. The number of nitrogens with zero attached hydrogens (tertiary/aromatic N) is 3. The lowest BCUT2D eigenvalue weighted by Crippen LogP contribution is -2.38. The summed E-state index contributed by atoms with van der Waals surface area (Å²) in [6.45, 7) is 6.29. The number of halogens is 1. The molecule has 0 saturated carbocycles. The molecule has 1 aliphatic heterocycles. The molecule has 1 aliphatic rings. The number of carbonyl (C=O) groups excluding carboxylic acids is 2. The first-order valence-corrected chi connectivity index (χ1v) is 10.7. The summed E-state index contributed by atoms with van der Waals surface area (Å²) in [6, 6.07) is 11.1. The van der Waals surface area contributed by atoms with E-state index in [1.165, 1.54) is 23.1 Å². The molecule has 1 atom stereocenters. The summed E-state index contributed by atoms with van der Waals surface area (Å²) in [5.74, 6) is -1.92. The van der Waals surface area contributed by atoms with Crippen molar-refractivity contribution in [1.29, 1.82) is 0 Å². The van der Waals surface area contributed by atoms with Crippen LogP contribution in [0.5, 0.6) is 0 Å². The minimum Gasteiger partial charge on any atom is -0.507 e. The number of non-ortho nitro benzene ring substituents is 1. The highest BCUT2D eigenvalue weighted by molar-refractivity contribution is 6.46. The summed E-state index contributed by atoms with van der Waals surface area (Å²) in [7, 11) is 0. The molecule has 0 aliphatic carbocycles. The molecular formula is C23H24ClN3O5. The van der Waals surface area contributed by atoms with Gasteiger partial charge < -0.3 is 14.9 Å². The number of nitro benzene ring substituents is 1.